The first kappa shape index (κ1) is 28.4. The van der Waals surface area contributed by atoms with Gasteiger partial charge in [0.25, 0.3) is 0 Å². The fraction of sp³-hybridized carbons (Fsp3) is 0. The maximum atomic E-state index is 2.89. The summed E-state index contributed by atoms with van der Waals surface area (Å²) >= 11 is 0. The van der Waals surface area contributed by atoms with E-state index in [1.807, 2.05) is 121 Å². The van der Waals surface area contributed by atoms with Crippen LogP contribution in [0.5, 0.6) is 0 Å². The van der Waals surface area contributed by atoms with E-state index >= 15 is 0 Å². The molecule has 0 atom stereocenters. The van der Waals surface area contributed by atoms with Crippen molar-refractivity contribution in [3.05, 3.63) is 133 Å². The van der Waals surface area contributed by atoms with E-state index in [9.17, 15) is 0 Å². The molecule has 0 radical (unpaired) electrons. The van der Waals surface area contributed by atoms with Crippen LogP contribution in [0.2, 0.25) is 0 Å². The predicted octanol–water partition coefficient (Wildman–Crippen LogP) is 6.63. The number of benzene rings is 2. The molecule has 0 aliphatic heterocycles. The largest absolute Gasteiger partial charge is 4.00 e. The third-order valence-electron chi connectivity index (χ3n) is 2.33. The van der Waals surface area contributed by atoms with Crippen LogP contribution in [-0.4, -0.2) is 0 Å². The summed E-state index contributed by atoms with van der Waals surface area (Å²) in [6.07, 6.45) is 0. The van der Waals surface area contributed by atoms with E-state index in [1.165, 1.54) is 0 Å². The Morgan fingerprint density at radius 2 is 0.680 bits per heavy atom. The van der Waals surface area contributed by atoms with Crippen LogP contribution in [-0.2, 0) is 26.2 Å². The Labute approximate surface area is 183 Å². The SMILES string of the molecule is Cl.Cl.[Zr+4].[c-]1ccccc1.[c-]1ccccc1.c1cc[cH-]c1.c1cc[cH-]c1. The minimum atomic E-state index is 0. The second-order valence-corrected chi connectivity index (χ2v) is 4.08. The van der Waals surface area contributed by atoms with Gasteiger partial charge >= 0.3 is 26.2 Å². The van der Waals surface area contributed by atoms with Gasteiger partial charge in [-0.2, -0.15) is 109 Å². The predicted molar refractivity (Wildman–Crippen MR) is 109 cm³/mol. The van der Waals surface area contributed by atoms with Crippen LogP contribution < -0.4 is 0 Å². The summed E-state index contributed by atoms with van der Waals surface area (Å²) in [4.78, 5) is 0. The molecule has 0 saturated heterocycles. The van der Waals surface area contributed by atoms with Crippen molar-refractivity contribution >= 4 is 24.8 Å². The van der Waals surface area contributed by atoms with E-state index in [0.29, 0.717) is 0 Å². The molecule has 0 aliphatic carbocycles. The zero-order chi connectivity index (χ0) is 15.6. The van der Waals surface area contributed by atoms with Gasteiger partial charge in [0.2, 0.25) is 0 Å². The van der Waals surface area contributed by atoms with Gasteiger partial charge in [-0.15, -0.1) is 24.8 Å². The normalized spacial score (nSPS) is 7.04. The van der Waals surface area contributed by atoms with Crippen molar-refractivity contribution in [3.8, 4) is 0 Å². The number of halogens is 2. The summed E-state index contributed by atoms with van der Waals surface area (Å²) < 4.78 is 0. The zero-order valence-corrected chi connectivity index (χ0v) is 18.0. The maximum absolute atomic E-state index is 2.89. The summed E-state index contributed by atoms with van der Waals surface area (Å²) in [6, 6.07) is 45.0. The van der Waals surface area contributed by atoms with E-state index in [0.717, 1.165) is 0 Å². The third-order valence-corrected chi connectivity index (χ3v) is 2.33. The minimum Gasteiger partial charge on any atom is -0.214 e. The van der Waals surface area contributed by atoms with Crippen LogP contribution in [0.4, 0.5) is 0 Å². The summed E-state index contributed by atoms with van der Waals surface area (Å²) in [6.45, 7) is 0. The molecule has 0 aromatic heterocycles. The molecule has 0 N–H and O–H groups in total. The molecule has 0 amide bonds. The average molecular weight is 449 g/mol. The molecule has 0 unspecified atom stereocenters. The van der Waals surface area contributed by atoms with Gasteiger partial charge in [0, 0.05) is 0 Å². The molecule has 4 aromatic rings. The number of hydrogen-bond acceptors (Lipinski definition) is 0. The molecule has 128 valence electrons. The quantitative estimate of drug-likeness (QED) is 0.265. The van der Waals surface area contributed by atoms with Crippen molar-refractivity contribution in [1.82, 2.24) is 0 Å². The third kappa shape index (κ3) is 22.6. The molecule has 0 heterocycles. The number of hydrogen-bond donors (Lipinski definition) is 0. The summed E-state index contributed by atoms with van der Waals surface area (Å²) in [5.74, 6) is 0. The van der Waals surface area contributed by atoms with Crippen LogP contribution in [0, 0.1) is 12.1 Å². The van der Waals surface area contributed by atoms with Gasteiger partial charge in [0.1, 0.15) is 0 Å². The standard InChI is InChI=1S/2C6H5.2C5H5.2ClH.Zr/c2*1-2-4-6-5-3-1;2*1-2-4-5-3-1;;;/h2*1-5H;2*1-5H;2*1H;/q4*-1;;;+4. The molecule has 0 spiro atoms. The maximum Gasteiger partial charge on any atom is 4.00 e. The van der Waals surface area contributed by atoms with Crippen molar-refractivity contribution < 1.29 is 26.2 Å². The molecular formula is C22H22Cl2Zr. The van der Waals surface area contributed by atoms with Crippen LogP contribution in [0.25, 0.3) is 0 Å². The fourth-order valence-electron chi connectivity index (χ4n) is 1.33. The van der Waals surface area contributed by atoms with Crippen molar-refractivity contribution in [2.75, 3.05) is 0 Å². The van der Waals surface area contributed by atoms with Crippen molar-refractivity contribution in [2.45, 2.75) is 0 Å². The Morgan fingerprint density at radius 1 is 0.400 bits per heavy atom. The number of rotatable bonds is 0. The molecule has 3 heteroatoms. The van der Waals surface area contributed by atoms with Crippen molar-refractivity contribution in [1.29, 1.82) is 0 Å². The van der Waals surface area contributed by atoms with Crippen LogP contribution in [0.3, 0.4) is 0 Å². The summed E-state index contributed by atoms with van der Waals surface area (Å²) in [5, 5.41) is 0. The van der Waals surface area contributed by atoms with Crippen LogP contribution in [0.1, 0.15) is 0 Å². The van der Waals surface area contributed by atoms with E-state index in [1.54, 1.807) is 0 Å². The molecule has 0 nitrogen and oxygen atoms in total. The molecular weight excluding hydrogens is 426 g/mol. The Kier molecular flexibility index (Phi) is 28.2. The smallest absolute Gasteiger partial charge is 0.214 e. The molecule has 0 saturated carbocycles. The summed E-state index contributed by atoms with van der Waals surface area (Å²) in [5.41, 5.74) is 0. The van der Waals surface area contributed by atoms with Crippen molar-refractivity contribution in [3.63, 3.8) is 0 Å². The second-order valence-electron chi connectivity index (χ2n) is 4.08. The molecule has 0 fully saturated rings. The monoisotopic (exact) mass is 446 g/mol. The van der Waals surface area contributed by atoms with Gasteiger partial charge in [0.15, 0.2) is 0 Å². The van der Waals surface area contributed by atoms with E-state index in [4.69, 9.17) is 0 Å². The second kappa shape index (κ2) is 24.9. The molecule has 4 aromatic carbocycles. The van der Waals surface area contributed by atoms with Gasteiger partial charge in [-0.25, -0.2) is 24.3 Å². The van der Waals surface area contributed by atoms with Gasteiger partial charge in [0.05, 0.1) is 0 Å². The van der Waals surface area contributed by atoms with Crippen LogP contribution >= 0.6 is 24.8 Å². The van der Waals surface area contributed by atoms with Crippen LogP contribution in [0.15, 0.2) is 121 Å². The van der Waals surface area contributed by atoms with Crippen molar-refractivity contribution in [2.24, 2.45) is 0 Å². The topological polar surface area (TPSA) is 0 Å². The Bertz CT molecular complexity index is 446. The fourth-order valence-corrected chi connectivity index (χ4v) is 1.33. The first-order valence-electron chi connectivity index (χ1n) is 7.15. The zero-order valence-electron chi connectivity index (χ0n) is 13.9. The minimum absolute atomic E-state index is 0. The Balaban J connectivity index is -0.000000249. The van der Waals surface area contributed by atoms with Gasteiger partial charge in [-0.1, -0.05) is 0 Å². The van der Waals surface area contributed by atoms with E-state index in [2.05, 4.69) is 12.1 Å². The Morgan fingerprint density at radius 3 is 0.760 bits per heavy atom. The van der Waals surface area contributed by atoms with E-state index < -0.39 is 0 Å². The molecule has 4 rings (SSSR count). The summed E-state index contributed by atoms with van der Waals surface area (Å²) in [7, 11) is 0. The van der Waals surface area contributed by atoms with Gasteiger partial charge < -0.3 is 0 Å². The molecule has 0 aliphatic rings. The first-order chi connectivity index (χ1) is 11.0. The van der Waals surface area contributed by atoms with Gasteiger partial charge in [-0.05, 0) is 0 Å². The first-order valence-corrected chi connectivity index (χ1v) is 7.15. The van der Waals surface area contributed by atoms with E-state index in [-0.39, 0.29) is 51.0 Å². The Hall–Kier alpha value is -1.40. The van der Waals surface area contributed by atoms with Gasteiger partial charge in [-0.3, -0.25) is 0 Å². The molecule has 25 heavy (non-hydrogen) atoms. The molecule has 0 bridgehead atoms. The average Bonchev–Trinajstić information content (AvgIpc) is 3.37.